The number of benzene rings is 1. The van der Waals surface area contributed by atoms with Gasteiger partial charge in [-0.25, -0.2) is 9.18 Å². The summed E-state index contributed by atoms with van der Waals surface area (Å²) in [6.07, 6.45) is 1.58. The normalized spacial score (nSPS) is 16.2. The molecule has 1 saturated heterocycles. The highest BCUT2D eigenvalue weighted by molar-refractivity contribution is 5.76. The van der Waals surface area contributed by atoms with E-state index in [1.54, 1.807) is 12.1 Å². The molecule has 2 rings (SSSR count). The Morgan fingerprint density at radius 2 is 1.86 bits per heavy atom. The summed E-state index contributed by atoms with van der Waals surface area (Å²) in [6.45, 7) is 2.10. The van der Waals surface area contributed by atoms with E-state index in [4.69, 9.17) is 5.73 Å². The van der Waals surface area contributed by atoms with Gasteiger partial charge in [0.2, 0.25) is 5.91 Å². The lowest BCUT2D eigenvalue weighted by atomic mass is 10.1. The van der Waals surface area contributed by atoms with Crippen molar-refractivity contribution in [3.63, 3.8) is 0 Å². The number of urea groups is 1. The Morgan fingerprint density at radius 1 is 1.23 bits per heavy atom. The molecule has 1 heterocycles. The molecular formula is C15H21FN4O2. The van der Waals surface area contributed by atoms with Crippen molar-refractivity contribution in [2.75, 3.05) is 19.6 Å². The van der Waals surface area contributed by atoms with Gasteiger partial charge in [-0.2, -0.15) is 0 Å². The van der Waals surface area contributed by atoms with Crippen LogP contribution in [-0.2, 0) is 11.3 Å². The van der Waals surface area contributed by atoms with E-state index in [0.717, 1.165) is 31.5 Å². The number of halogens is 1. The van der Waals surface area contributed by atoms with Gasteiger partial charge >= 0.3 is 6.03 Å². The molecule has 0 radical (unpaired) electrons. The van der Waals surface area contributed by atoms with Crippen LogP contribution in [0.5, 0.6) is 0 Å². The number of nitrogens with two attached hydrogens (primary N) is 1. The molecule has 0 bridgehead atoms. The molecule has 0 aliphatic carbocycles. The summed E-state index contributed by atoms with van der Waals surface area (Å²) >= 11 is 0. The Morgan fingerprint density at radius 3 is 2.45 bits per heavy atom. The van der Waals surface area contributed by atoms with Crippen LogP contribution in [0.3, 0.4) is 0 Å². The minimum absolute atomic E-state index is 0.0948. The van der Waals surface area contributed by atoms with Gasteiger partial charge in [-0.3, -0.25) is 9.69 Å². The van der Waals surface area contributed by atoms with Crippen LogP contribution in [0.25, 0.3) is 0 Å². The van der Waals surface area contributed by atoms with E-state index in [1.165, 1.54) is 12.1 Å². The molecule has 0 unspecified atom stereocenters. The average molecular weight is 308 g/mol. The molecule has 1 aromatic carbocycles. The topological polar surface area (TPSA) is 87.5 Å². The quantitative estimate of drug-likeness (QED) is 0.743. The molecule has 120 valence electrons. The largest absolute Gasteiger partial charge is 0.369 e. The summed E-state index contributed by atoms with van der Waals surface area (Å²) in [7, 11) is 0. The predicted octanol–water partition coefficient (Wildman–Crippen LogP) is 0.575. The van der Waals surface area contributed by atoms with E-state index in [9.17, 15) is 14.0 Å². The molecule has 0 atom stereocenters. The van der Waals surface area contributed by atoms with Crippen molar-refractivity contribution in [3.8, 4) is 0 Å². The van der Waals surface area contributed by atoms with Crippen LogP contribution in [0.15, 0.2) is 24.3 Å². The molecule has 0 aromatic heterocycles. The van der Waals surface area contributed by atoms with Gasteiger partial charge < -0.3 is 16.4 Å². The number of likely N-dealkylation sites (tertiary alicyclic amines) is 1. The Kier molecular flexibility index (Phi) is 5.71. The van der Waals surface area contributed by atoms with E-state index < -0.39 is 0 Å². The third-order valence-corrected chi connectivity index (χ3v) is 3.67. The highest BCUT2D eigenvalue weighted by Crippen LogP contribution is 2.09. The van der Waals surface area contributed by atoms with Crippen molar-refractivity contribution in [1.82, 2.24) is 15.5 Å². The van der Waals surface area contributed by atoms with Gasteiger partial charge in [0.25, 0.3) is 0 Å². The van der Waals surface area contributed by atoms with E-state index in [1.807, 2.05) is 4.90 Å². The molecule has 22 heavy (non-hydrogen) atoms. The number of nitrogens with zero attached hydrogens (tertiary/aromatic N) is 1. The summed E-state index contributed by atoms with van der Waals surface area (Å²) in [6, 6.07) is 5.86. The average Bonchev–Trinajstić information content (AvgIpc) is 2.48. The molecule has 0 saturated carbocycles. The second-order valence-electron chi connectivity index (χ2n) is 5.47. The van der Waals surface area contributed by atoms with Gasteiger partial charge in [0, 0.05) is 25.7 Å². The van der Waals surface area contributed by atoms with E-state index in [0.29, 0.717) is 6.54 Å². The number of carbonyl (C=O) groups is 2. The van der Waals surface area contributed by atoms with Crippen LogP contribution in [0.4, 0.5) is 9.18 Å². The standard InChI is InChI=1S/C15H21FN4O2/c16-12-3-1-11(2-4-12)9-18-15(22)19-13-5-7-20(8-6-13)10-14(17)21/h1-4,13H,5-10H2,(H2,17,21)(H2,18,19,22). The van der Waals surface area contributed by atoms with E-state index in [-0.39, 0.29) is 30.3 Å². The Balaban J connectivity index is 1.67. The number of primary amides is 1. The molecule has 1 aromatic rings. The highest BCUT2D eigenvalue weighted by atomic mass is 19.1. The molecule has 6 nitrogen and oxygen atoms in total. The number of piperidine rings is 1. The molecule has 7 heteroatoms. The van der Waals surface area contributed by atoms with E-state index in [2.05, 4.69) is 10.6 Å². The fraction of sp³-hybridized carbons (Fsp3) is 0.467. The number of hydrogen-bond donors (Lipinski definition) is 3. The third kappa shape index (κ3) is 5.33. The number of hydrogen-bond acceptors (Lipinski definition) is 3. The van der Waals surface area contributed by atoms with Gasteiger partial charge in [0.1, 0.15) is 5.82 Å². The first-order chi connectivity index (χ1) is 10.5. The van der Waals surface area contributed by atoms with Crippen LogP contribution in [0.2, 0.25) is 0 Å². The molecule has 1 aliphatic rings. The van der Waals surface area contributed by atoms with Crippen molar-refractivity contribution < 1.29 is 14.0 Å². The number of carbonyl (C=O) groups excluding carboxylic acids is 2. The summed E-state index contributed by atoms with van der Waals surface area (Å²) in [5.41, 5.74) is 6.00. The minimum Gasteiger partial charge on any atom is -0.369 e. The maximum atomic E-state index is 12.8. The van der Waals surface area contributed by atoms with Gasteiger partial charge in [0.05, 0.1) is 6.54 Å². The molecule has 3 amide bonds. The van der Waals surface area contributed by atoms with Crippen LogP contribution in [-0.4, -0.2) is 42.5 Å². The van der Waals surface area contributed by atoms with E-state index >= 15 is 0 Å². The van der Waals surface area contributed by atoms with Gasteiger partial charge in [0.15, 0.2) is 0 Å². The Hall–Kier alpha value is -2.15. The Labute approximate surface area is 128 Å². The zero-order chi connectivity index (χ0) is 15.9. The summed E-state index contributed by atoms with van der Waals surface area (Å²) < 4.78 is 12.8. The van der Waals surface area contributed by atoms with Gasteiger partial charge in [-0.05, 0) is 30.5 Å². The molecule has 1 fully saturated rings. The van der Waals surface area contributed by atoms with Crippen LogP contribution in [0, 0.1) is 5.82 Å². The highest BCUT2D eigenvalue weighted by Gasteiger charge is 2.21. The lowest BCUT2D eigenvalue weighted by Gasteiger charge is -2.31. The summed E-state index contributed by atoms with van der Waals surface area (Å²) in [4.78, 5) is 24.7. The number of amides is 3. The lowest BCUT2D eigenvalue weighted by molar-refractivity contribution is -0.119. The van der Waals surface area contributed by atoms with Crippen LogP contribution < -0.4 is 16.4 Å². The summed E-state index contributed by atoms with van der Waals surface area (Å²) in [5.74, 6) is -0.626. The monoisotopic (exact) mass is 308 g/mol. The zero-order valence-electron chi connectivity index (χ0n) is 12.3. The van der Waals surface area contributed by atoms with Crippen molar-refractivity contribution in [2.45, 2.75) is 25.4 Å². The number of rotatable bonds is 5. The molecular weight excluding hydrogens is 287 g/mol. The van der Waals surface area contributed by atoms with Crippen LogP contribution in [0.1, 0.15) is 18.4 Å². The minimum atomic E-state index is -0.330. The SMILES string of the molecule is NC(=O)CN1CCC(NC(=O)NCc2ccc(F)cc2)CC1. The molecule has 4 N–H and O–H groups in total. The fourth-order valence-corrected chi connectivity index (χ4v) is 2.48. The van der Waals surface area contributed by atoms with Crippen molar-refractivity contribution in [1.29, 1.82) is 0 Å². The maximum Gasteiger partial charge on any atom is 0.315 e. The van der Waals surface area contributed by atoms with Crippen molar-refractivity contribution in [2.24, 2.45) is 5.73 Å². The van der Waals surface area contributed by atoms with Crippen molar-refractivity contribution >= 4 is 11.9 Å². The second-order valence-corrected chi connectivity index (χ2v) is 5.47. The second kappa shape index (κ2) is 7.74. The van der Waals surface area contributed by atoms with Gasteiger partial charge in [-0.15, -0.1) is 0 Å². The molecule has 0 spiro atoms. The predicted molar refractivity (Wildman–Crippen MR) is 80.4 cm³/mol. The smallest absolute Gasteiger partial charge is 0.315 e. The Bertz CT molecular complexity index is 513. The number of nitrogens with one attached hydrogen (secondary N) is 2. The third-order valence-electron chi connectivity index (χ3n) is 3.67. The van der Waals surface area contributed by atoms with Crippen molar-refractivity contribution in [3.05, 3.63) is 35.6 Å². The first-order valence-corrected chi connectivity index (χ1v) is 7.32. The fourth-order valence-electron chi connectivity index (χ4n) is 2.48. The summed E-state index contributed by atoms with van der Waals surface area (Å²) in [5, 5.41) is 5.66. The molecule has 1 aliphatic heterocycles. The zero-order valence-corrected chi connectivity index (χ0v) is 12.3. The lowest BCUT2D eigenvalue weighted by Crippen LogP contribution is -2.49. The first kappa shape index (κ1) is 16.2. The maximum absolute atomic E-state index is 12.8. The first-order valence-electron chi connectivity index (χ1n) is 7.32. The van der Waals surface area contributed by atoms with Gasteiger partial charge in [-0.1, -0.05) is 12.1 Å². The van der Waals surface area contributed by atoms with Crippen LogP contribution >= 0.6 is 0 Å².